The molecule has 8 heteroatoms. The summed E-state index contributed by atoms with van der Waals surface area (Å²) in [7, 11) is -3.30. The van der Waals surface area contributed by atoms with Crippen molar-refractivity contribution in [3.05, 3.63) is 59.6 Å². The van der Waals surface area contributed by atoms with Gasteiger partial charge in [-0.25, -0.2) is 23.1 Å². The predicted octanol–water partition coefficient (Wildman–Crippen LogP) is 0.287. The average molecular weight is 371 g/mol. The Morgan fingerprint density at radius 1 is 0.958 bits per heavy atom. The Balaban J connectivity index is 0.000000368. The Morgan fingerprint density at radius 2 is 1.54 bits per heavy atom. The third kappa shape index (κ3) is 5.31. The Morgan fingerprint density at radius 3 is 2.12 bits per heavy atom. The number of halogens is 2. The number of rotatable bonds is 2. The van der Waals surface area contributed by atoms with Crippen LogP contribution in [-0.2, 0) is 0 Å². The number of benzene rings is 2. The number of ether oxygens (including phenoxy) is 1. The van der Waals surface area contributed by atoms with E-state index in [1.54, 1.807) is 7.11 Å². The lowest BCUT2D eigenvalue weighted by Crippen LogP contribution is -2.68. The molecule has 3 aromatic rings. The molecule has 126 valence electrons. The number of hydrogen-bond acceptors (Lipinski definition) is 5. The lowest BCUT2D eigenvalue weighted by atomic mass is 10.1. The molecule has 0 unspecified atom stereocenters. The summed E-state index contributed by atoms with van der Waals surface area (Å²) in [5, 5.41) is 1.61. The highest BCUT2D eigenvalue weighted by Gasteiger charge is 2.17. The van der Waals surface area contributed by atoms with Gasteiger partial charge in [-0.3, -0.25) is 0 Å². The molecule has 0 atom stereocenters. The van der Waals surface area contributed by atoms with E-state index in [1.807, 2.05) is 54.6 Å². The molecule has 0 spiro atoms. The Bertz CT molecular complexity index is 809. The van der Waals surface area contributed by atoms with Crippen molar-refractivity contribution in [1.82, 2.24) is 0 Å². The molecule has 0 aliphatic carbocycles. The van der Waals surface area contributed by atoms with Crippen LogP contribution in [0.1, 0.15) is 0 Å². The fourth-order valence-corrected chi connectivity index (χ4v) is 2.25. The van der Waals surface area contributed by atoms with Crippen LogP contribution in [0.2, 0.25) is 5.02 Å². The van der Waals surface area contributed by atoms with Crippen molar-refractivity contribution < 1.29 is 38.0 Å². The summed E-state index contributed by atoms with van der Waals surface area (Å²) in [5.74, 6) is 1.56. The maximum atomic E-state index is 8.49. The molecule has 0 fully saturated rings. The smallest absolute Gasteiger partial charge is 0.362 e. The monoisotopic (exact) mass is 370 g/mol. The maximum absolute atomic E-state index is 8.49. The van der Waals surface area contributed by atoms with Crippen LogP contribution in [-0.4, -0.2) is 7.11 Å². The summed E-state index contributed by atoms with van der Waals surface area (Å²) in [4.78, 5) is 0. The summed E-state index contributed by atoms with van der Waals surface area (Å²) < 4.78 is 45.0. The van der Waals surface area contributed by atoms with E-state index in [4.69, 9.17) is 39.4 Å². The first-order chi connectivity index (χ1) is 11.3. The van der Waals surface area contributed by atoms with Crippen molar-refractivity contribution in [3.63, 3.8) is 0 Å². The van der Waals surface area contributed by atoms with Gasteiger partial charge >= 0.3 is 11.3 Å². The van der Waals surface area contributed by atoms with Gasteiger partial charge < -0.3 is 4.74 Å². The van der Waals surface area contributed by atoms with E-state index in [9.17, 15) is 0 Å². The normalized spacial score (nSPS) is 10.9. The first-order valence-electron chi connectivity index (χ1n) is 6.55. The minimum Gasteiger partial charge on any atom is -0.497 e. The molecule has 24 heavy (non-hydrogen) atoms. The highest BCUT2D eigenvalue weighted by Crippen LogP contribution is 2.31. The summed E-state index contributed by atoms with van der Waals surface area (Å²) in [6.45, 7) is 0. The van der Waals surface area contributed by atoms with Gasteiger partial charge in [0.1, 0.15) is 5.75 Å². The van der Waals surface area contributed by atoms with E-state index < -0.39 is 10.2 Å². The molecule has 1 aromatic heterocycles. The van der Waals surface area contributed by atoms with Gasteiger partial charge in [0.05, 0.1) is 29.1 Å². The van der Waals surface area contributed by atoms with Gasteiger partial charge in [0.15, 0.2) is 0 Å². The molecule has 0 aliphatic heterocycles. The van der Waals surface area contributed by atoms with Gasteiger partial charge in [-0.2, -0.15) is 0 Å². The van der Waals surface area contributed by atoms with Crippen molar-refractivity contribution in [2.24, 2.45) is 0 Å². The van der Waals surface area contributed by atoms with Gasteiger partial charge in [-0.15, -0.1) is 10.2 Å². The number of methoxy groups -OCH3 is 1. The molecule has 0 N–H and O–H groups in total. The summed E-state index contributed by atoms with van der Waals surface area (Å²) in [6, 6.07) is 17.3. The summed E-state index contributed by atoms with van der Waals surface area (Å²) in [5.41, 5.74) is 1.74. The molecular formula is C16H12Cl2O6. The highest BCUT2D eigenvalue weighted by atomic mass is 35.7. The van der Waals surface area contributed by atoms with Gasteiger partial charge in [0.25, 0.3) is 0 Å². The third-order valence-corrected chi connectivity index (χ3v) is 3.31. The molecule has 0 amide bonds. The molecule has 0 bridgehead atoms. The van der Waals surface area contributed by atoms with Crippen LogP contribution in [0.25, 0.3) is 22.3 Å². The second-order valence-electron chi connectivity index (χ2n) is 4.56. The zero-order valence-corrected chi connectivity index (χ0v) is 13.9. The first-order valence-corrected chi connectivity index (χ1v) is 8.17. The topological polar surface area (TPSA) is 113 Å². The molecule has 2 aromatic carbocycles. The van der Waals surface area contributed by atoms with Crippen molar-refractivity contribution in [2.45, 2.75) is 0 Å². The lowest BCUT2D eigenvalue weighted by Gasteiger charge is -2.17. The number of hydrogen-bond donors (Lipinski definition) is 0. The fourth-order valence-electron chi connectivity index (χ4n) is 1.99. The molecule has 3 rings (SSSR count). The van der Waals surface area contributed by atoms with Crippen LogP contribution in [0.3, 0.4) is 0 Å². The average Bonchev–Trinajstić information content (AvgIpc) is 2.53. The first kappa shape index (κ1) is 18.4. The maximum Gasteiger partial charge on any atom is 0.362 e. The Hall–Kier alpha value is -1.93. The molecule has 1 heterocycles. The molecule has 0 saturated heterocycles. The largest absolute Gasteiger partial charge is 0.497 e. The molecule has 0 radical (unpaired) electrons. The van der Waals surface area contributed by atoms with Crippen molar-refractivity contribution in [1.29, 1.82) is 0 Å². The van der Waals surface area contributed by atoms with Gasteiger partial charge in [0, 0.05) is 6.07 Å². The SMILES string of the molecule is COc1ccc(-c2cc(Cl)c3ccccc3[o+]2)cc1.[O-][Cl+3]([O-])([O-])[O-]. The van der Waals surface area contributed by atoms with Crippen molar-refractivity contribution in [2.75, 3.05) is 7.11 Å². The molecular weight excluding hydrogens is 359 g/mol. The lowest BCUT2D eigenvalue weighted by molar-refractivity contribution is -2.00. The van der Waals surface area contributed by atoms with Gasteiger partial charge in [0.2, 0.25) is 0 Å². The van der Waals surface area contributed by atoms with E-state index in [-0.39, 0.29) is 0 Å². The van der Waals surface area contributed by atoms with E-state index >= 15 is 0 Å². The minimum atomic E-state index is -4.94. The van der Waals surface area contributed by atoms with Crippen LogP contribution in [0.15, 0.2) is 59.0 Å². The van der Waals surface area contributed by atoms with Crippen LogP contribution in [0, 0.1) is 10.2 Å². The van der Waals surface area contributed by atoms with Gasteiger partial charge in [-0.05, 0) is 30.3 Å². The number of para-hydroxylation sites is 1. The molecule has 6 nitrogen and oxygen atoms in total. The predicted molar refractivity (Wildman–Crippen MR) is 77.6 cm³/mol. The van der Waals surface area contributed by atoms with E-state index in [0.29, 0.717) is 5.02 Å². The van der Waals surface area contributed by atoms with Gasteiger partial charge in [-0.1, -0.05) is 23.7 Å². The van der Waals surface area contributed by atoms with Crippen LogP contribution < -0.4 is 23.4 Å². The molecule has 0 saturated carbocycles. The fraction of sp³-hybridized carbons (Fsp3) is 0.0625. The quantitative estimate of drug-likeness (QED) is 0.599. The minimum absolute atomic E-state index is 0.688. The summed E-state index contributed by atoms with van der Waals surface area (Å²) in [6.07, 6.45) is 0. The van der Waals surface area contributed by atoms with Crippen molar-refractivity contribution in [3.8, 4) is 17.1 Å². The zero-order valence-electron chi connectivity index (χ0n) is 12.4. The Labute approximate surface area is 144 Å². The zero-order chi connectivity index (χ0) is 17.7. The Kier molecular flexibility index (Phi) is 5.95. The van der Waals surface area contributed by atoms with Crippen LogP contribution >= 0.6 is 11.6 Å². The van der Waals surface area contributed by atoms with Crippen LogP contribution in [0.5, 0.6) is 5.75 Å². The highest BCUT2D eigenvalue weighted by molar-refractivity contribution is 6.35. The summed E-state index contributed by atoms with van der Waals surface area (Å²) >= 11 is 6.29. The third-order valence-electron chi connectivity index (χ3n) is 3.00. The molecule has 0 aliphatic rings. The van der Waals surface area contributed by atoms with Crippen LogP contribution in [0.4, 0.5) is 0 Å². The van der Waals surface area contributed by atoms with E-state index in [1.165, 1.54) is 0 Å². The van der Waals surface area contributed by atoms with E-state index in [0.717, 1.165) is 28.0 Å². The van der Waals surface area contributed by atoms with E-state index in [2.05, 4.69) is 0 Å². The second-order valence-corrected chi connectivity index (χ2v) is 5.72. The standard InChI is InChI=1S/C16H12ClO2.ClHO4/c1-18-12-8-6-11(7-9-12)16-10-14(17)13-4-2-3-5-15(13)19-16;2-1(3,4)5/h2-10H,1H3;(H,2,3,4,5)/q+1;/p-1. The second kappa shape index (κ2) is 7.76. The van der Waals surface area contributed by atoms with Crippen molar-refractivity contribution >= 4 is 22.6 Å². The number of fused-ring (bicyclic) bond motifs is 1.